The third-order valence-electron chi connectivity index (χ3n) is 3.57. The molecule has 0 unspecified atom stereocenters. The van der Waals surface area contributed by atoms with E-state index in [4.69, 9.17) is 9.47 Å². The van der Waals surface area contributed by atoms with Gasteiger partial charge in [-0.2, -0.15) is 0 Å². The lowest BCUT2D eigenvalue weighted by molar-refractivity contribution is -0.163. The zero-order valence-corrected chi connectivity index (χ0v) is 13.3. The first-order chi connectivity index (χ1) is 9.89. The molecule has 1 rings (SSSR count). The van der Waals surface area contributed by atoms with Crippen molar-refractivity contribution in [3.05, 3.63) is 35.9 Å². The van der Waals surface area contributed by atoms with Crippen molar-refractivity contribution < 1.29 is 19.4 Å². The van der Waals surface area contributed by atoms with E-state index >= 15 is 0 Å². The highest BCUT2D eigenvalue weighted by Crippen LogP contribution is 2.28. The van der Waals surface area contributed by atoms with Gasteiger partial charge in [-0.25, -0.2) is 0 Å². The van der Waals surface area contributed by atoms with E-state index < -0.39 is 11.5 Å². The van der Waals surface area contributed by atoms with Crippen LogP contribution in [0.2, 0.25) is 0 Å². The standard InChI is InChI=1S/C17H26O4/c1-5-21-16(19)17(3,4)15(18)13(2)11-20-12-14-9-7-6-8-10-14/h6-10,13,15,18H,5,11-12H2,1-4H3/t13-,15+/m1/s1. The molecule has 0 aliphatic carbocycles. The minimum Gasteiger partial charge on any atom is -0.466 e. The first-order valence-corrected chi connectivity index (χ1v) is 7.36. The topological polar surface area (TPSA) is 55.8 Å². The second kappa shape index (κ2) is 8.15. The second-order valence-corrected chi connectivity index (χ2v) is 5.87. The Morgan fingerprint density at radius 2 is 1.90 bits per heavy atom. The number of esters is 1. The van der Waals surface area contributed by atoms with Crippen molar-refractivity contribution in [1.29, 1.82) is 0 Å². The molecule has 0 saturated heterocycles. The Labute approximate surface area is 127 Å². The zero-order valence-electron chi connectivity index (χ0n) is 13.3. The zero-order chi connectivity index (χ0) is 15.9. The summed E-state index contributed by atoms with van der Waals surface area (Å²) in [7, 11) is 0. The summed E-state index contributed by atoms with van der Waals surface area (Å²) < 4.78 is 10.6. The maximum Gasteiger partial charge on any atom is 0.314 e. The first kappa shape index (κ1) is 17.7. The van der Waals surface area contributed by atoms with Gasteiger partial charge < -0.3 is 14.6 Å². The van der Waals surface area contributed by atoms with Crippen LogP contribution in [0.15, 0.2) is 30.3 Å². The van der Waals surface area contributed by atoms with Crippen molar-refractivity contribution in [2.45, 2.75) is 40.4 Å². The van der Waals surface area contributed by atoms with E-state index in [1.165, 1.54) is 0 Å². The molecule has 2 atom stereocenters. The van der Waals surface area contributed by atoms with Crippen molar-refractivity contribution in [2.75, 3.05) is 13.2 Å². The van der Waals surface area contributed by atoms with Gasteiger partial charge in [0, 0.05) is 5.92 Å². The van der Waals surface area contributed by atoms with Gasteiger partial charge in [-0.05, 0) is 26.3 Å². The van der Waals surface area contributed by atoms with Crippen LogP contribution in [-0.4, -0.2) is 30.4 Å². The average Bonchev–Trinajstić information content (AvgIpc) is 2.47. The highest BCUT2D eigenvalue weighted by Gasteiger charge is 2.40. The van der Waals surface area contributed by atoms with Crippen LogP contribution in [0.3, 0.4) is 0 Å². The molecule has 0 aromatic heterocycles. The molecule has 0 aliphatic rings. The van der Waals surface area contributed by atoms with Crippen molar-refractivity contribution in [2.24, 2.45) is 11.3 Å². The molecule has 0 radical (unpaired) electrons. The molecule has 1 N–H and O–H groups in total. The van der Waals surface area contributed by atoms with Gasteiger partial charge in [0.05, 0.1) is 31.3 Å². The largest absolute Gasteiger partial charge is 0.466 e. The molecule has 0 saturated carbocycles. The van der Waals surface area contributed by atoms with Crippen LogP contribution in [0.25, 0.3) is 0 Å². The van der Waals surface area contributed by atoms with Gasteiger partial charge in [-0.1, -0.05) is 37.3 Å². The number of carbonyl (C=O) groups is 1. The van der Waals surface area contributed by atoms with Crippen LogP contribution in [-0.2, 0) is 20.9 Å². The normalized spacial score (nSPS) is 14.5. The van der Waals surface area contributed by atoms with Gasteiger partial charge in [0.25, 0.3) is 0 Å². The molecule has 118 valence electrons. The average molecular weight is 294 g/mol. The molecule has 21 heavy (non-hydrogen) atoms. The molecule has 0 spiro atoms. The number of aliphatic hydroxyl groups is 1. The van der Waals surface area contributed by atoms with Crippen molar-refractivity contribution >= 4 is 5.97 Å². The van der Waals surface area contributed by atoms with Crippen molar-refractivity contribution in [1.82, 2.24) is 0 Å². The third-order valence-corrected chi connectivity index (χ3v) is 3.57. The van der Waals surface area contributed by atoms with E-state index in [1.54, 1.807) is 20.8 Å². The lowest BCUT2D eigenvalue weighted by Gasteiger charge is -2.32. The fraction of sp³-hybridized carbons (Fsp3) is 0.588. The maximum absolute atomic E-state index is 11.9. The number of benzene rings is 1. The molecule has 0 fully saturated rings. The minimum atomic E-state index is -0.939. The molecule has 1 aromatic carbocycles. The van der Waals surface area contributed by atoms with E-state index in [2.05, 4.69) is 0 Å². The van der Waals surface area contributed by atoms with Crippen LogP contribution < -0.4 is 0 Å². The number of hydrogen-bond acceptors (Lipinski definition) is 4. The summed E-state index contributed by atoms with van der Waals surface area (Å²) in [6.07, 6.45) is -0.813. The number of aliphatic hydroxyl groups excluding tert-OH is 1. The third kappa shape index (κ3) is 5.14. The fourth-order valence-electron chi connectivity index (χ4n) is 2.18. The molecule has 4 heteroatoms. The number of ether oxygens (including phenoxy) is 2. The van der Waals surface area contributed by atoms with Crippen molar-refractivity contribution in [3.8, 4) is 0 Å². The van der Waals surface area contributed by atoms with Crippen LogP contribution in [0.1, 0.15) is 33.3 Å². The van der Waals surface area contributed by atoms with Crippen LogP contribution in [0.5, 0.6) is 0 Å². The summed E-state index contributed by atoms with van der Waals surface area (Å²) in [4.78, 5) is 11.9. The van der Waals surface area contributed by atoms with Gasteiger partial charge in [0.2, 0.25) is 0 Å². The maximum atomic E-state index is 11.9. The molecule has 0 amide bonds. The monoisotopic (exact) mass is 294 g/mol. The highest BCUT2D eigenvalue weighted by atomic mass is 16.5. The minimum absolute atomic E-state index is 0.159. The van der Waals surface area contributed by atoms with Gasteiger partial charge in [-0.3, -0.25) is 4.79 Å². The van der Waals surface area contributed by atoms with E-state index in [0.717, 1.165) is 5.56 Å². The quantitative estimate of drug-likeness (QED) is 0.749. The second-order valence-electron chi connectivity index (χ2n) is 5.87. The summed E-state index contributed by atoms with van der Waals surface area (Å²) in [6.45, 7) is 8.22. The number of carbonyl (C=O) groups excluding carboxylic acids is 1. The Morgan fingerprint density at radius 1 is 1.29 bits per heavy atom. The molecular weight excluding hydrogens is 268 g/mol. The lowest BCUT2D eigenvalue weighted by atomic mass is 9.80. The molecule has 0 aliphatic heterocycles. The summed E-state index contributed by atoms with van der Waals surface area (Å²) in [6, 6.07) is 9.85. The summed E-state index contributed by atoms with van der Waals surface area (Å²) in [5.41, 5.74) is 0.148. The Kier molecular flexibility index (Phi) is 6.85. The first-order valence-electron chi connectivity index (χ1n) is 7.36. The Bertz CT molecular complexity index is 428. The number of hydrogen-bond donors (Lipinski definition) is 1. The van der Waals surface area contributed by atoms with Crippen LogP contribution in [0.4, 0.5) is 0 Å². The Balaban J connectivity index is 2.46. The van der Waals surface area contributed by atoms with Crippen LogP contribution in [0, 0.1) is 11.3 Å². The fourth-order valence-corrected chi connectivity index (χ4v) is 2.18. The summed E-state index contributed by atoms with van der Waals surface area (Å²) in [5.74, 6) is -0.541. The van der Waals surface area contributed by atoms with E-state index in [9.17, 15) is 9.90 Å². The van der Waals surface area contributed by atoms with Gasteiger partial charge >= 0.3 is 5.97 Å². The Hall–Kier alpha value is -1.39. The van der Waals surface area contributed by atoms with E-state index in [1.807, 2.05) is 37.3 Å². The van der Waals surface area contributed by atoms with Gasteiger partial charge in [0.15, 0.2) is 0 Å². The molecule has 4 nitrogen and oxygen atoms in total. The molecular formula is C17H26O4. The molecule has 0 heterocycles. The predicted octanol–water partition coefficient (Wildman–Crippen LogP) is 2.79. The Morgan fingerprint density at radius 3 is 2.48 bits per heavy atom. The summed E-state index contributed by atoms with van der Waals surface area (Å²) >= 11 is 0. The highest BCUT2D eigenvalue weighted by molar-refractivity contribution is 5.76. The van der Waals surface area contributed by atoms with Gasteiger partial charge in [0.1, 0.15) is 0 Å². The van der Waals surface area contributed by atoms with E-state index in [-0.39, 0.29) is 11.9 Å². The van der Waals surface area contributed by atoms with Crippen LogP contribution >= 0.6 is 0 Å². The lowest BCUT2D eigenvalue weighted by Crippen LogP contribution is -2.43. The van der Waals surface area contributed by atoms with Crippen molar-refractivity contribution in [3.63, 3.8) is 0 Å². The van der Waals surface area contributed by atoms with E-state index in [0.29, 0.717) is 19.8 Å². The number of rotatable bonds is 8. The summed E-state index contributed by atoms with van der Waals surface area (Å²) in [5, 5.41) is 10.4. The predicted molar refractivity (Wildman–Crippen MR) is 81.7 cm³/mol. The van der Waals surface area contributed by atoms with Gasteiger partial charge in [-0.15, -0.1) is 0 Å². The molecule has 0 bridgehead atoms. The smallest absolute Gasteiger partial charge is 0.314 e. The SMILES string of the molecule is CCOC(=O)C(C)(C)[C@@H](O)[C@H](C)COCc1ccccc1. The molecule has 1 aromatic rings.